The van der Waals surface area contributed by atoms with Crippen LogP contribution in [0.15, 0.2) is 73.1 Å². The highest BCUT2D eigenvalue weighted by molar-refractivity contribution is 6.30. The summed E-state index contributed by atoms with van der Waals surface area (Å²) in [4.78, 5) is 16.8. The predicted octanol–water partition coefficient (Wildman–Crippen LogP) is 7.47. The van der Waals surface area contributed by atoms with Gasteiger partial charge >= 0.3 is 5.97 Å². The summed E-state index contributed by atoms with van der Waals surface area (Å²) in [6.07, 6.45) is 4.17. The zero-order valence-corrected chi connectivity index (χ0v) is 19.5. The first-order valence-corrected chi connectivity index (χ1v) is 11.5. The molecular weight excluding hydrogens is 434 g/mol. The summed E-state index contributed by atoms with van der Waals surface area (Å²) in [5, 5.41) is 12.9. The summed E-state index contributed by atoms with van der Waals surface area (Å²) in [6, 6.07) is 19.5. The number of aliphatic carboxylic acids is 1. The molecule has 4 aromatic rings. The second-order valence-corrected chi connectivity index (χ2v) is 8.46. The Bertz CT molecular complexity index is 1270. The number of aromatic nitrogens is 1. The van der Waals surface area contributed by atoms with Gasteiger partial charge in [0.25, 0.3) is 0 Å². The van der Waals surface area contributed by atoms with E-state index in [0.29, 0.717) is 17.2 Å². The fourth-order valence-electron chi connectivity index (χ4n) is 4.35. The summed E-state index contributed by atoms with van der Waals surface area (Å²) in [5.74, 6) is -1.00. The van der Waals surface area contributed by atoms with E-state index in [0.717, 1.165) is 51.4 Å². The van der Waals surface area contributed by atoms with Crippen LogP contribution in [0.5, 0.6) is 0 Å². The number of rotatable bonds is 8. The first-order valence-electron chi connectivity index (χ1n) is 11.1. The molecule has 0 saturated heterocycles. The first-order chi connectivity index (χ1) is 16.0. The van der Waals surface area contributed by atoms with Gasteiger partial charge in [0, 0.05) is 35.2 Å². The van der Waals surface area contributed by atoms with Crippen LogP contribution in [0.3, 0.4) is 0 Å². The zero-order valence-electron chi connectivity index (χ0n) is 18.7. The molecule has 1 aromatic heterocycles. The van der Waals surface area contributed by atoms with Crippen LogP contribution in [0.1, 0.15) is 37.0 Å². The van der Waals surface area contributed by atoms with Gasteiger partial charge in [0.1, 0.15) is 0 Å². The maximum absolute atomic E-state index is 12.5. The van der Waals surface area contributed by atoms with Crippen LogP contribution in [-0.4, -0.2) is 22.7 Å². The van der Waals surface area contributed by atoms with Gasteiger partial charge in [0.15, 0.2) is 6.10 Å². The molecule has 0 aliphatic rings. The van der Waals surface area contributed by atoms with Crippen molar-refractivity contribution in [3.8, 4) is 22.3 Å². The van der Waals surface area contributed by atoms with E-state index in [-0.39, 0.29) is 0 Å². The van der Waals surface area contributed by atoms with Crippen molar-refractivity contribution >= 4 is 28.3 Å². The fourth-order valence-corrected chi connectivity index (χ4v) is 4.48. The Morgan fingerprint density at radius 3 is 2.30 bits per heavy atom. The van der Waals surface area contributed by atoms with Crippen molar-refractivity contribution < 1.29 is 14.6 Å². The molecule has 1 atom stereocenters. The monoisotopic (exact) mass is 459 g/mol. The van der Waals surface area contributed by atoms with Crippen LogP contribution in [0, 0.1) is 6.92 Å². The van der Waals surface area contributed by atoms with Crippen LogP contribution >= 0.6 is 11.6 Å². The highest BCUT2D eigenvalue weighted by Crippen LogP contribution is 2.45. The molecule has 168 valence electrons. The highest BCUT2D eigenvalue weighted by Gasteiger charge is 2.30. The molecule has 33 heavy (non-hydrogen) atoms. The number of ether oxygens (including phenoxy) is 1. The molecule has 1 N–H and O–H groups in total. The minimum absolute atomic E-state index is 0.377. The second kappa shape index (κ2) is 10.2. The average molecular weight is 460 g/mol. The van der Waals surface area contributed by atoms with E-state index < -0.39 is 12.1 Å². The lowest BCUT2D eigenvalue weighted by Crippen LogP contribution is -2.19. The number of nitrogens with zero attached hydrogens (tertiary/aromatic N) is 1. The Morgan fingerprint density at radius 1 is 1.00 bits per heavy atom. The first kappa shape index (κ1) is 23.0. The minimum atomic E-state index is -1.10. The van der Waals surface area contributed by atoms with Crippen molar-refractivity contribution in [1.29, 1.82) is 0 Å². The number of hydrogen-bond donors (Lipinski definition) is 1. The summed E-state index contributed by atoms with van der Waals surface area (Å²) in [5.41, 5.74) is 5.20. The molecule has 1 heterocycles. The quantitative estimate of drug-likeness (QED) is 0.277. The van der Waals surface area contributed by atoms with Gasteiger partial charge in [-0.3, -0.25) is 4.98 Å². The van der Waals surface area contributed by atoms with Gasteiger partial charge in [0.05, 0.1) is 0 Å². The number of carbonyl (C=O) groups is 1. The molecule has 0 aliphatic carbocycles. The number of fused-ring (bicyclic) bond motifs is 1. The second-order valence-electron chi connectivity index (χ2n) is 8.03. The molecule has 0 radical (unpaired) electrons. The van der Waals surface area contributed by atoms with Crippen LogP contribution in [0.2, 0.25) is 5.02 Å². The Morgan fingerprint density at radius 2 is 1.70 bits per heavy atom. The number of unbranched alkanes of at least 4 members (excludes halogenated alkanes) is 1. The number of carboxylic acid groups (broad SMARTS) is 1. The molecule has 3 aromatic carbocycles. The Labute approximate surface area is 198 Å². The van der Waals surface area contributed by atoms with Crippen molar-refractivity contribution in [2.24, 2.45) is 0 Å². The molecule has 0 spiro atoms. The van der Waals surface area contributed by atoms with Gasteiger partial charge < -0.3 is 9.84 Å². The maximum Gasteiger partial charge on any atom is 0.337 e. The van der Waals surface area contributed by atoms with Gasteiger partial charge in [-0.25, -0.2) is 4.79 Å². The normalized spacial score (nSPS) is 12.1. The molecule has 0 fully saturated rings. The van der Waals surface area contributed by atoms with Gasteiger partial charge in [-0.15, -0.1) is 0 Å². The lowest BCUT2D eigenvalue weighted by Gasteiger charge is -2.25. The summed E-state index contributed by atoms with van der Waals surface area (Å²) >= 11 is 6.17. The Kier molecular flexibility index (Phi) is 7.07. The van der Waals surface area contributed by atoms with E-state index in [4.69, 9.17) is 16.3 Å². The number of hydrogen-bond acceptors (Lipinski definition) is 3. The molecule has 0 aliphatic heterocycles. The molecule has 0 saturated carbocycles. The van der Waals surface area contributed by atoms with E-state index in [1.165, 1.54) is 0 Å². The largest absolute Gasteiger partial charge is 0.479 e. The van der Waals surface area contributed by atoms with Crippen LogP contribution in [0.4, 0.5) is 0 Å². The molecule has 0 bridgehead atoms. The van der Waals surface area contributed by atoms with Gasteiger partial charge in [-0.05, 0) is 64.6 Å². The third-order valence-electron chi connectivity index (χ3n) is 5.87. The number of pyridine rings is 1. The SMILES string of the molecule is CCCCOC(C(=O)O)c1c(C)c(-c2cccnc2)c2ccccc2c1-c1ccc(Cl)cc1. The standard InChI is InChI=1S/C28H26ClNO3/c1-3-4-16-33-27(28(31)32)25-18(2)24(20-8-7-15-30-17-20)22-9-5-6-10-23(22)26(25)19-11-13-21(29)14-12-19/h5-15,17,27H,3-4,16H2,1-2H3,(H,31,32). The maximum atomic E-state index is 12.5. The van der Waals surface area contributed by atoms with Crippen molar-refractivity contribution in [3.63, 3.8) is 0 Å². The van der Waals surface area contributed by atoms with Crippen molar-refractivity contribution in [2.45, 2.75) is 32.8 Å². The third kappa shape index (κ3) is 4.63. The highest BCUT2D eigenvalue weighted by atomic mass is 35.5. The van der Waals surface area contributed by atoms with Gasteiger partial charge in [-0.2, -0.15) is 0 Å². The van der Waals surface area contributed by atoms with Crippen LogP contribution in [-0.2, 0) is 9.53 Å². The van der Waals surface area contributed by atoms with E-state index >= 15 is 0 Å². The smallest absolute Gasteiger partial charge is 0.337 e. The fraction of sp³-hybridized carbons (Fsp3) is 0.214. The number of benzene rings is 3. The van der Waals surface area contributed by atoms with E-state index in [2.05, 4.69) is 18.0 Å². The molecule has 0 amide bonds. The zero-order chi connectivity index (χ0) is 23.4. The van der Waals surface area contributed by atoms with Crippen LogP contribution < -0.4 is 0 Å². The predicted molar refractivity (Wildman–Crippen MR) is 134 cm³/mol. The summed E-state index contributed by atoms with van der Waals surface area (Å²) in [6.45, 7) is 4.41. The summed E-state index contributed by atoms with van der Waals surface area (Å²) in [7, 11) is 0. The number of halogens is 1. The van der Waals surface area contributed by atoms with Gasteiger partial charge in [0.2, 0.25) is 0 Å². The molecule has 4 nitrogen and oxygen atoms in total. The third-order valence-corrected chi connectivity index (χ3v) is 6.12. The van der Waals surface area contributed by atoms with E-state index in [1.807, 2.05) is 67.7 Å². The topological polar surface area (TPSA) is 59.4 Å². The molecule has 1 unspecified atom stereocenters. The lowest BCUT2D eigenvalue weighted by molar-refractivity contribution is -0.151. The number of carboxylic acids is 1. The Hall–Kier alpha value is -3.21. The van der Waals surface area contributed by atoms with Crippen molar-refractivity contribution in [1.82, 2.24) is 4.98 Å². The molecule has 5 heteroatoms. The van der Waals surface area contributed by atoms with Gasteiger partial charge in [-0.1, -0.05) is 67.4 Å². The molecular formula is C28H26ClNO3. The summed E-state index contributed by atoms with van der Waals surface area (Å²) < 4.78 is 6.00. The molecule has 4 rings (SSSR count). The van der Waals surface area contributed by atoms with Crippen molar-refractivity contribution in [3.05, 3.63) is 89.2 Å². The van der Waals surface area contributed by atoms with Crippen LogP contribution in [0.25, 0.3) is 33.0 Å². The van der Waals surface area contributed by atoms with E-state index in [9.17, 15) is 9.90 Å². The van der Waals surface area contributed by atoms with E-state index in [1.54, 1.807) is 6.20 Å². The average Bonchev–Trinajstić information content (AvgIpc) is 2.83. The minimum Gasteiger partial charge on any atom is -0.479 e. The Balaban J connectivity index is 2.10. The lowest BCUT2D eigenvalue weighted by atomic mass is 9.82. The van der Waals surface area contributed by atoms with Crippen molar-refractivity contribution in [2.75, 3.05) is 6.61 Å².